The molecular weight excluding hydrogens is 411 g/mol. The first-order valence-corrected chi connectivity index (χ1v) is 10.1. The zero-order valence-corrected chi connectivity index (χ0v) is 16.8. The molecule has 11 heteroatoms. The molecule has 0 radical (unpaired) electrons. The van der Waals surface area contributed by atoms with Crippen molar-refractivity contribution in [2.24, 2.45) is 5.73 Å². The maximum absolute atomic E-state index is 13.7. The van der Waals surface area contributed by atoms with Crippen molar-refractivity contribution in [2.75, 3.05) is 36.2 Å². The molecule has 166 valence electrons. The molecule has 0 bridgehead atoms. The Bertz CT molecular complexity index is 921. The molecule has 3 N–H and O–H groups in total. The predicted molar refractivity (Wildman–Crippen MR) is 109 cm³/mol. The minimum absolute atomic E-state index is 0.145. The quantitative estimate of drug-likeness (QED) is 0.696. The number of anilines is 2. The van der Waals surface area contributed by atoms with Crippen LogP contribution in [0.5, 0.6) is 0 Å². The summed E-state index contributed by atoms with van der Waals surface area (Å²) in [6.45, 7) is 2.35. The summed E-state index contributed by atoms with van der Waals surface area (Å²) in [5.74, 6) is -0.525. The van der Waals surface area contributed by atoms with Crippen molar-refractivity contribution in [1.82, 2.24) is 20.4 Å². The van der Waals surface area contributed by atoms with Crippen LogP contribution in [0.3, 0.4) is 0 Å². The van der Waals surface area contributed by atoms with Crippen LogP contribution in [0.1, 0.15) is 35.2 Å². The molecule has 0 spiro atoms. The van der Waals surface area contributed by atoms with Gasteiger partial charge in [0.2, 0.25) is 0 Å². The fourth-order valence-corrected chi connectivity index (χ4v) is 3.68. The van der Waals surface area contributed by atoms with Crippen LogP contribution in [-0.4, -0.2) is 53.1 Å². The molecular formula is C20H24F3N7O. The molecule has 2 saturated heterocycles. The Morgan fingerprint density at radius 3 is 2.48 bits per heavy atom. The Morgan fingerprint density at radius 1 is 1.13 bits per heavy atom. The van der Waals surface area contributed by atoms with Gasteiger partial charge >= 0.3 is 6.18 Å². The fourth-order valence-electron chi connectivity index (χ4n) is 3.68. The van der Waals surface area contributed by atoms with Gasteiger partial charge in [0.25, 0.3) is 5.91 Å². The van der Waals surface area contributed by atoms with Gasteiger partial charge in [-0.1, -0.05) is 0 Å². The standard InChI is InChI=1S/C20H24F3N7O/c21-20(22,23)15-7-17(28-4-2-5-28)9-18(8-15)30(29-6-1-3-16(24)12-29)27-19(31)14-10-25-13-26-11-14/h7-11,13,16H,1-6,12,24H2,(H,27,31)/t16-/m0/s1. The lowest BCUT2D eigenvalue weighted by Gasteiger charge is -2.41. The van der Waals surface area contributed by atoms with Crippen molar-refractivity contribution in [3.8, 4) is 0 Å². The topological polar surface area (TPSA) is 90.6 Å². The second-order valence-electron chi connectivity index (χ2n) is 7.77. The van der Waals surface area contributed by atoms with Gasteiger partial charge in [-0.25, -0.2) is 25.5 Å². The molecule has 2 fully saturated rings. The zero-order chi connectivity index (χ0) is 22.0. The summed E-state index contributed by atoms with van der Waals surface area (Å²) in [6.07, 6.45) is 1.98. The number of halogens is 3. The number of benzene rings is 1. The first-order chi connectivity index (χ1) is 14.8. The number of hydrazine groups is 2. The van der Waals surface area contributed by atoms with Crippen LogP contribution in [0.25, 0.3) is 0 Å². The van der Waals surface area contributed by atoms with E-state index in [0.717, 1.165) is 31.4 Å². The van der Waals surface area contributed by atoms with Gasteiger partial charge < -0.3 is 10.6 Å². The summed E-state index contributed by atoms with van der Waals surface area (Å²) in [5.41, 5.74) is 8.94. The average Bonchev–Trinajstić information content (AvgIpc) is 2.70. The Labute approximate surface area is 177 Å². The normalized spacial score (nSPS) is 19.6. The highest BCUT2D eigenvalue weighted by Crippen LogP contribution is 2.37. The lowest BCUT2D eigenvalue weighted by Crippen LogP contribution is -2.58. The summed E-state index contributed by atoms with van der Waals surface area (Å²) in [7, 11) is 0. The zero-order valence-electron chi connectivity index (χ0n) is 16.8. The third kappa shape index (κ3) is 4.88. The maximum Gasteiger partial charge on any atom is 0.416 e. The monoisotopic (exact) mass is 435 g/mol. The fraction of sp³-hybridized carbons (Fsp3) is 0.450. The van der Waals surface area contributed by atoms with Crippen LogP contribution in [0.4, 0.5) is 24.5 Å². The van der Waals surface area contributed by atoms with E-state index in [1.807, 2.05) is 4.90 Å². The van der Waals surface area contributed by atoms with Crippen molar-refractivity contribution in [2.45, 2.75) is 31.5 Å². The molecule has 1 atom stereocenters. The molecule has 1 aromatic heterocycles. The first kappa shape index (κ1) is 21.3. The maximum atomic E-state index is 13.7. The average molecular weight is 435 g/mol. The van der Waals surface area contributed by atoms with Gasteiger partial charge in [-0.05, 0) is 37.5 Å². The van der Waals surface area contributed by atoms with E-state index in [4.69, 9.17) is 5.73 Å². The van der Waals surface area contributed by atoms with Gasteiger partial charge in [0.15, 0.2) is 0 Å². The molecule has 0 unspecified atom stereocenters. The molecule has 2 aliphatic rings. The number of amides is 1. The largest absolute Gasteiger partial charge is 0.416 e. The summed E-state index contributed by atoms with van der Waals surface area (Å²) in [4.78, 5) is 22.3. The highest BCUT2D eigenvalue weighted by Gasteiger charge is 2.34. The second-order valence-corrected chi connectivity index (χ2v) is 7.77. The van der Waals surface area contributed by atoms with Crippen molar-refractivity contribution in [3.05, 3.63) is 48.0 Å². The number of hydrogen-bond acceptors (Lipinski definition) is 7. The van der Waals surface area contributed by atoms with Crippen molar-refractivity contribution in [1.29, 1.82) is 0 Å². The summed E-state index contributed by atoms with van der Waals surface area (Å²) < 4.78 is 41.0. The Morgan fingerprint density at radius 2 is 1.87 bits per heavy atom. The van der Waals surface area contributed by atoms with Gasteiger partial charge in [0.1, 0.15) is 6.33 Å². The molecule has 2 aromatic rings. The molecule has 3 heterocycles. The van der Waals surface area contributed by atoms with Crippen LogP contribution in [-0.2, 0) is 6.18 Å². The molecule has 1 aromatic carbocycles. The number of nitrogens with zero attached hydrogens (tertiary/aromatic N) is 5. The predicted octanol–water partition coefficient (Wildman–Crippen LogP) is 2.20. The van der Waals surface area contributed by atoms with Crippen LogP contribution in [0.2, 0.25) is 0 Å². The summed E-state index contributed by atoms with van der Waals surface area (Å²) in [6, 6.07) is 3.71. The van der Waals surface area contributed by atoms with Crippen molar-refractivity contribution < 1.29 is 18.0 Å². The van der Waals surface area contributed by atoms with Gasteiger partial charge in [-0.15, -0.1) is 0 Å². The molecule has 1 amide bonds. The summed E-state index contributed by atoms with van der Waals surface area (Å²) >= 11 is 0. The Kier molecular flexibility index (Phi) is 5.96. The summed E-state index contributed by atoms with van der Waals surface area (Å²) in [5, 5.41) is 3.15. The van der Waals surface area contributed by atoms with Crippen LogP contribution in [0.15, 0.2) is 36.9 Å². The van der Waals surface area contributed by atoms with Gasteiger partial charge in [0.05, 0.1) is 16.8 Å². The SMILES string of the molecule is N[C@H]1CCCN(N(NC(=O)c2cncnc2)c2cc(N3CCC3)cc(C(F)(F)F)c2)C1. The number of rotatable bonds is 5. The van der Waals surface area contributed by atoms with Gasteiger partial charge in [-0.2, -0.15) is 13.2 Å². The lowest BCUT2D eigenvalue weighted by atomic mass is 10.1. The van der Waals surface area contributed by atoms with Crippen molar-refractivity contribution >= 4 is 17.3 Å². The molecule has 8 nitrogen and oxygen atoms in total. The smallest absolute Gasteiger partial charge is 0.371 e. The van der Waals surface area contributed by atoms with E-state index < -0.39 is 17.6 Å². The number of carbonyl (C=O) groups excluding carboxylic acids is 1. The minimum Gasteiger partial charge on any atom is -0.371 e. The van der Waals surface area contributed by atoms with E-state index in [1.165, 1.54) is 23.8 Å². The minimum atomic E-state index is -4.52. The van der Waals surface area contributed by atoms with Crippen molar-refractivity contribution in [3.63, 3.8) is 0 Å². The third-order valence-corrected chi connectivity index (χ3v) is 5.45. The molecule has 4 rings (SSSR count). The number of nitrogens with one attached hydrogen (secondary N) is 1. The van der Waals surface area contributed by atoms with E-state index in [9.17, 15) is 18.0 Å². The highest BCUT2D eigenvalue weighted by molar-refractivity contribution is 5.94. The Balaban J connectivity index is 1.72. The van der Waals surface area contributed by atoms with E-state index in [2.05, 4.69) is 15.4 Å². The first-order valence-electron chi connectivity index (χ1n) is 10.1. The number of alkyl halides is 3. The van der Waals surface area contributed by atoms with E-state index in [-0.39, 0.29) is 17.3 Å². The third-order valence-electron chi connectivity index (χ3n) is 5.45. The van der Waals surface area contributed by atoms with E-state index >= 15 is 0 Å². The number of aromatic nitrogens is 2. The molecule has 31 heavy (non-hydrogen) atoms. The van der Waals surface area contributed by atoms with Crippen LogP contribution < -0.4 is 21.2 Å². The molecule has 0 saturated carbocycles. The van der Waals surface area contributed by atoms with E-state index in [1.54, 1.807) is 11.1 Å². The number of nitrogens with two attached hydrogens (primary N) is 1. The second kappa shape index (κ2) is 8.67. The van der Waals surface area contributed by atoms with Gasteiger partial charge in [-0.3, -0.25) is 4.79 Å². The van der Waals surface area contributed by atoms with Crippen LogP contribution in [0, 0.1) is 0 Å². The number of hydrogen-bond donors (Lipinski definition) is 2. The Hall–Kier alpha value is -2.92. The number of carbonyl (C=O) groups is 1. The molecule has 2 aliphatic heterocycles. The highest BCUT2D eigenvalue weighted by atomic mass is 19.4. The molecule has 0 aliphatic carbocycles. The van der Waals surface area contributed by atoms with Crippen LogP contribution >= 0.6 is 0 Å². The van der Waals surface area contributed by atoms with E-state index in [0.29, 0.717) is 31.9 Å². The number of piperidine rings is 1. The lowest BCUT2D eigenvalue weighted by molar-refractivity contribution is -0.137. The van der Waals surface area contributed by atoms with Gasteiger partial charge in [0, 0.05) is 50.3 Å².